The number of carboxylic acid groups (broad SMARTS) is 2. The summed E-state index contributed by atoms with van der Waals surface area (Å²) in [6, 6.07) is 26.0. The molecule has 12 heteroatoms. The molecule has 0 aliphatic rings. The topological polar surface area (TPSA) is 151 Å². The van der Waals surface area contributed by atoms with Crippen LogP contribution in [0.3, 0.4) is 0 Å². The van der Waals surface area contributed by atoms with Gasteiger partial charge in [-0.05, 0) is 103 Å². The molecule has 5 aromatic rings. The van der Waals surface area contributed by atoms with Gasteiger partial charge in [0.1, 0.15) is 37.1 Å². The van der Waals surface area contributed by atoms with Crippen LogP contribution in [-0.4, -0.2) is 47.3 Å². The third kappa shape index (κ3) is 13.0. The molecule has 1 aromatic heterocycles. The van der Waals surface area contributed by atoms with E-state index in [0.717, 1.165) is 61.5 Å². The Balaban J connectivity index is 1.25. The Bertz CT molecular complexity index is 2110. The highest BCUT2D eigenvalue weighted by Gasteiger charge is 2.15. The minimum Gasteiger partial charge on any atom is -0.489 e. The van der Waals surface area contributed by atoms with Gasteiger partial charge in [-0.3, -0.25) is 14.6 Å². The van der Waals surface area contributed by atoms with E-state index in [4.69, 9.17) is 36.0 Å². The van der Waals surface area contributed by atoms with Crippen LogP contribution in [0.1, 0.15) is 64.6 Å². The van der Waals surface area contributed by atoms with Crippen molar-refractivity contribution >= 4 is 29.2 Å². The van der Waals surface area contributed by atoms with Crippen LogP contribution in [0.25, 0.3) is 11.1 Å². The molecule has 4 aromatic carbocycles. The zero-order chi connectivity index (χ0) is 40.6. The summed E-state index contributed by atoms with van der Waals surface area (Å²) in [6.45, 7) is 7.50. The van der Waals surface area contributed by atoms with Gasteiger partial charge < -0.3 is 40.4 Å². The molecule has 0 aliphatic heterocycles. The number of hydrogen-bond acceptors (Lipinski definition) is 9. The van der Waals surface area contributed by atoms with Crippen LogP contribution in [0.2, 0.25) is 5.02 Å². The first-order valence-electron chi connectivity index (χ1n) is 19.0. The number of benzene rings is 4. The third-order valence-electron chi connectivity index (χ3n) is 9.61. The van der Waals surface area contributed by atoms with Gasteiger partial charge in [0, 0.05) is 62.6 Å². The van der Waals surface area contributed by atoms with Crippen LogP contribution in [0.4, 0.5) is 5.69 Å². The van der Waals surface area contributed by atoms with Crippen LogP contribution >= 0.6 is 11.6 Å². The van der Waals surface area contributed by atoms with Crippen molar-refractivity contribution in [1.82, 2.24) is 15.6 Å². The van der Waals surface area contributed by atoms with Crippen LogP contribution in [-0.2, 0) is 42.5 Å². The van der Waals surface area contributed by atoms with Crippen molar-refractivity contribution in [2.45, 2.75) is 72.4 Å². The Morgan fingerprint density at radius 3 is 1.88 bits per heavy atom. The zero-order valence-electron chi connectivity index (χ0n) is 32.7. The first-order valence-corrected chi connectivity index (χ1v) is 19.4. The van der Waals surface area contributed by atoms with Gasteiger partial charge in [-0.15, -0.1) is 0 Å². The van der Waals surface area contributed by atoms with Gasteiger partial charge in [-0.2, -0.15) is 0 Å². The minimum absolute atomic E-state index is 0.0919. The number of nitrogens with zero attached hydrogens (tertiary/aromatic N) is 1. The van der Waals surface area contributed by atoms with E-state index in [9.17, 15) is 9.59 Å². The van der Waals surface area contributed by atoms with Gasteiger partial charge >= 0.3 is 11.9 Å². The molecule has 11 nitrogen and oxygen atoms in total. The molecular weight excluding hydrogens is 744 g/mol. The molecule has 5 N–H and O–H groups in total. The van der Waals surface area contributed by atoms with Crippen molar-refractivity contribution in [3.8, 4) is 28.4 Å². The molecule has 5 rings (SSSR count). The number of anilines is 1. The van der Waals surface area contributed by atoms with Crippen molar-refractivity contribution in [3.63, 3.8) is 0 Å². The van der Waals surface area contributed by atoms with Crippen LogP contribution in [0.5, 0.6) is 17.2 Å². The minimum atomic E-state index is -0.824. The van der Waals surface area contributed by atoms with Crippen LogP contribution in [0.15, 0.2) is 91.3 Å². The summed E-state index contributed by atoms with van der Waals surface area (Å²) in [4.78, 5) is 25.9. The quantitative estimate of drug-likeness (QED) is 0.0404. The summed E-state index contributed by atoms with van der Waals surface area (Å²) >= 11 is 6.80. The molecule has 0 bridgehead atoms. The zero-order valence-corrected chi connectivity index (χ0v) is 33.5. The molecule has 300 valence electrons. The lowest BCUT2D eigenvalue weighted by Gasteiger charge is -2.18. The molecule has 0 atom stereocenters. The fourth-order valence-electron chi connectivity index (χ4n) is 6.29. The fourth-order valence-corrected chi connectivity index (χ4v) is 6.53. The van der Waals surface area contributed by atoms with Gasteiger partial charge in [0.25, 0.3) is 0 Å². The average Bonchev–Trinajstić information content (AvgIpc) is 3.20. The average molecular weight is 795 g/mol. The van der Waals surface area contributed by atoms with Gasteiger partial charge in [0.2, 0.25) is 0 Å². The number of rotatable bonds is 23. The number of ether oxygens (including phenoxy) is 3. The summed E-state index contributed by atoms with van der Waals surface area (Å²) < 4.78 is 18.9. The van der Waals surface area contributed by atoms with Crippen molar-refractivity contribution in [2.75, 3.05) is 25.5 Å². The van der Waals surface area contributed by atoms with E-state index in [1.165, 1.54) is 0 Å². The molecule has 0 aliphatic carbocycles. The van der Waals surface area contributed by atoms with E-state index in [1.807, 2.05) is 55.6 Å². The maximum Gasteiger partial charge on any atom is 0.303 e. The van der Waals surface area contributed by atoms with E-state index in [1.54, 1.807) is 12.4 Å². The third-order valence-corrected chi connectivity index (χ3v) is 9.90. The Kier molecular flexibility index (Phi) is 16.1. The lowest BCUT2D eigenvalue weighted by molar-refractivity contribution is -0.138. The van der Waals surface area contributed by atoms with Crippen molar-refractivity contribution in [3.05, 3.63) is 135 Å². The van der Waals surface area contributed by atoms with Crippen molar-refractivity contribution < 1.29 is 34.0 Å². The number of aromatic nitrogens is 1. The van der Waals surface area contributed by atoms with E-state index in [-0.39, 0.29) is 26.1 Å². The highest BCUT2D eigenvalue weighted by atomic mass is 35.5. The first kappa shape index (κ1) is 42.5. The summed E-state index contributed by atoms with van der Waals surface area (Å²) in [5, 5.41) is 27.9. The number of aliphatic carboxylic acids is 2. The molecule has 0 saturated carbocycles. The number of hydrogen-bond donors (Lipinski definition) is 5. The van der Waals surface area contributed by atoms with Crippen molar-refractivity contribution in [2.24, 2.45) is 0 Å². The summed E-state index contributed by atoms with van der Waals surface area (Å²) in [5.74, 6) is 0.266. The summed E-state index contributed by atoms with van der Waals surface area (Å²) in [6.07, 6.45) is 4.86. The van der Waals surface area contributed by atoms with Gasteiger partial charge in [-0.25, -0.2) is 0 Å². The predicted octanol–water partition coefficient (Wildman–Crippen LogP) is 8.71. The van der Waals surface area contributed by atoms with Crippen molar-refractivity contribution in [1.29, 1.82) is 0 Å². The maximum absolute atomic E-state index is 11.0. The van der Waals surface area contributed by atoms with E-state index >= 15 is 0 Å². The second kappa shape index (κ2) is 21.6. The monoisotopic (exact) mass is 794 g/mol. The lowest BCUT2D eigenvalue weighted by atomic mass is 9.92. The highest BCUT2D eigenvalue weighted by molar-refractivity contribution is 6.32. The molecule has 1 heterocycles. The molecule has 0 fully saturated rings. The Labute approximate surface area is 339 Å². The predicted molar refractivity (Wildman–Crippen MR) is 223 cm³/mol. The largest absolute Gasteiger partial charge is 0.489 e. The van der Waals surface area contributed by atoms with Gasteiger partial charge in [-0.1, -0.05) is 60.1 Å². The fraction of sp³-hybridized carbons (Fsp3) is 0.311. The Morgan fingerprint density at radius 2 is 1.26 bits per heavy atom. The lowest BCUT2D eigenvalue weighted by Crippen LogP contribution is -2.16. The number of carbonyl (C=O) groups is 2. The second-order valence-corrected chi connectivity index (χ2v) is 14.2. The Hall–Kier alpha value is -5.62. The first-order chi connectivity index (χ1) is 27.6. The van der Waals surface area contributed by atoms with E-state index in [2.05, 4.69) is 65.1 Å². The smallest absolute Gasteiger partial charge is 0.303 e. The maximum atomic E-state index is 11.0. The van der Waals surface area contributed by atoms with Gasteiger partial charge in [0.05, 0.1) is 10.7 Å². The number of nitrogens with one attached hydrogen (secondary N) is 3. The Morgan fingerprint density at radius 1 is 0.667 bits per heavy atom. The molecule has 0 unspecified atom stereocenters. The molecule has 57 heavy (non-hydrogen) atoms. The van der Waals surface area contributed by atoms with Crippen LogP contribution in [0, 0.1) is 13.8 Å². The molecular formula is C45H51ClN4O7. The number of halogens is 1. The number of carboxylic acids is 2. The molecule has 0 radical (unpaired) electrons. The normalized spacial score (nSPS) is 10.9. The summed E-state index contributed by atoms with van der Waals surface area (Å²) in [5.41, 5.74) is 10.3. The number of pyridine rings is 1. The van der Waals surface area contributed by atoms with Gasteiger partial charge in [0.15, 0.2) is 0 Å². The molecule has 0 amide bonds. The second-order valence-electron chi connectivity index (χ2n) is 13.8. The van der Waals surface area contributed by atoms with Crippen LogP contribution < -0.4 is 30.2 Å². The molecule has 0 saturated heterocycles. The van der Waals surface area contributed by atoms with E-state index < -0.39 is 11.9 Å². The summed E-state index contributed by atoms with van der Waals surface area (Å²) in [7, 11) is 1.84. The SMILES string of the molecule is CNc1cncc(COc2cc(OCc3cccc(-c4cccc(COc5ccc(CNCCCC(=O)O)cc5)c4C)c3C)c(Cl)cc2CNCCCC(=O)O)c1. The molecule has 0 spiro atoms. The standard InChI is InChI=1S/C45H51ClN4O7/c1-30-34(28-55-38-16-14-32(15-17-38)23-48-18-6-12-44(51)52)8-4-10-39(30)40-11-5-9-35(31(40)2)29-57-43-22-42(56-27-33-20-37(47-3)26-50-24-33)36(21-41(43)46)25-49-19-7-13-45(53)54/h4-5,8-11,14-17,20-22,24,26,47-49H,6-7,12-13,18-19,23,25,27-29H2,1-3H3,(H,51,52)(H,53,54). The van der Waals surface area contributed by atoms with E-state index in [0.29, 0.717) is 62.1 Å². The highest BCUT2D eigenvalue weighted by Crippen LogP contribution is 2.36.